The number of hydrogen-bond acceptors (Lipinski definition) is 4. The molecule has 1 aliphatic rings. The summed E-state index contributed by atoms with van der Waals surface area (Å²) in [4.78, 5) is 25.5. The Balaban J connectivity index is 2.06. The summed E-state index contributed by atoms with van der Waals surface area (Å²) in [6, 6.07) is 15.5. The van der Waals surface area contributed by atoms with Crippen LogP contribution in [0.5, 0.6) is 5.75 Å². The van der Waals surface area contributed by atoms with Gasteiger partial charge in [-0.1, -0.05) is 36.4 Å². The molecule has 4 heteroatoms. The van der Waals surface area contributed by atoms with Crippen molar-refractivity contribution in [3.05, 3.63) is 71.3 Å². The quantitative estimate of drug-likeness (QED) is 0.586. The van der Waals surface area contributed by atoms with Gasteiger partial charge in [0.2, 0.25) is 0 Å². The van der Waals surface area contributed by atoms with Crippen LogP contribution in [0, 0.1) is 12.8 Å². The first kappa shape index (κ1) is 18.9. The predicted octanol–water partition coefficient (Wildman–Crippen LogP) is 4.32. The number of ether oxygens (including phenoxy) is 2. The van der Waals surface area contributed by atoms with Crippen LogP contribution in [-0.4, -0.2) is 25.5 Å². The average molecular weight is 364 g/mol. The molecule has 0 amide bonds. The van der Waals surface area contributed by atoms with Gasteiger partial charge in [0.05, 0.1) is 13.7 Å². The number of carbonyl (C=O) groups is 2. The van der Waals surface area contributed by atoms with Gasteiger partial charge in [-0.3, -0.25) is 9.59 Å². The van der Waals surface area contributed by atoms with Crippen molar-refractivity contribution in [3.63, 3.8) is 0 Å². The minimum Gasteiger partial charge on any atom is -0.497 e. The Morgan fingerprint density at radius 3 is 2.63 bits per heavy atom. The van der Waals surface area contributed by atoms with Gasteiger partial charge < -0.3 is 9.47 Å². The van der Waals surface area contributed by atoms with E-state index < -0.39 is 11.9 Å². The molecule has 2 aromatic rings. The highest BCUT2D eigenvalue weighted by molar-refractivity contribution is 6.10. The highest BCUT2D eigenvalue weighted by atomic mass is 16.5. The zero-order valence-electron chi connectivity index (χ0n) is 15.9. The zero-order valence-corrected chi connectivity index (χ0v) is 15.9. The molecule has 0 bridgehead atoms. The molecule has 0 unspecified atom stereocenters. The second kappa shape index (κ2) is 8.21. The Hall–Kier alpha value is -2.88. The lowest BCUT2D eigenvalue weighted by Gasteiger charge is -2.30. The molecule has 2 aromatic carbocycles. The van der Waals surface area contributed by atoms with E-state index in [0.717, 1.165) is 22.3 Å². The second-order valence-corrected chi connectivity index (χ2v) is 6.70. The first-order valence-corrected chi connectivity index (χ1v) is 9.16. The van der Waals surface area contributed by atoms with Crippen LogP contribution < -0.4 is 4.74 Å². The van der Waals surface area contributed by atoms with Crippen LogP contribution in [0.1, 0.15) is 36.0 Å². The molecular weight excluding hydrogens is 340 g/mol. The van der Waals surface area contributed by atoms with E-state index in [1.807, 2.05) is 55.5 Å². The van der Waals surface area contributed by atoms with Gasteiger partial charge in [0.25, 0.3) is 0 Å². The monoisotopic (exact) mass is 364 g/mol. The van der Waals surface area contributed by atoms with Crippen molar-refractivity contribution in [2.45, 2.75) is 26.2 Å². The lowest BCUT2D eigenvalue weighted by atomic mass is 9.73. The molecule has 0 saturated heterocycles. The molecule has 0 radical (unpaired) electrons. The van der Waals surface area contributed by atoms with E-state index in [0.29, 0.717) is 12.2 Å². The topological polar surface area (TPSA) is 52.6 Å². The third-order valence-corrected chi connectivity index (χ3v) is 5.02. The van der Waals surface area contributed by atoms with Crippen molar-refractivity contribution in [2.75, 3.05) is 13.7 Å². The Morgan fingerprint density at radius 1 is 1.15 bits per heavy atom. The smallest absolute Gasteiger partial charge is 0.317 e. The predicted molar refractivity (Wildman–Crippen MR) is 105 cm³/mol. The van der Waals surface area contributed by atoms with Crippen LogP contribution in [0.3, 0.4) is 0 Å². The summed E-state index contributed by atoms with van der Waals surface area (Å²) in [5.74, 6) is -1.08. The summed E-state index contributed by atoms with van der Waals surface area (Å²) in [7, 11) is 1.60. The van der Waals surface area contributed by atoms with Gasteiger partial charge in [0.1, 0.15) is 11.7 Å². The Bertz CT molecular complexity index is 881. The minimum atomic E-state index is -0.829. The number of esters is 1. The molecule has 0 spiro atoms. The highest BCUT2D eigenvalue weighted by Crippen LogP contribution is 2.41. The summed E-state index contributed by atoms with van der Waals surface area (Å²) >= 11 is 0. The van der Waals surface area contributed by atoms with E-state index in [1.54, 1.807) is 20.1 Å². The fourth-order valence-electron chi connectivity index (χ4n) is 3.69. The molecule has 3 rings (SSSR count). The van der Waals surface area contributed by atoms with E-state index in [2.05, 4.69) is 0 Å². The third-order valence-electron chi connectivity index (χ3n) is 5.02. The van der Waals surface area contributed by atoms with Crippen molar-refractivity contribution >= 4 is 17.3 Å². The standard InChI is InChI=1S/C23H24O4/c1-4-27-23(25)22-20(16-9-7-10-18(12-16)26-3)13-17(14-21(22)24)19-11-6-5-8-15(19)2/h5-12,14,20,22H,4,13H2,1-3H3/t20-,22-/m0/s1. The molecule has 140 valence electrons. The number of benzene rings is 2. The van der Waals surface area contributed by atoms with Gasteiger partial charge in [-0.2, -0.15) is 0 Å². The van der Waals surface area contributed by atoms with Crippen LogP contribution in [0.2, 0.25) is 0 Å². The van der Waals surface area contributed by atoms with Crippen molar-refractivity contribution < 1.29 is 19.1 Å². The first-order chi connectivity index (χ1) is 13.0. The van der Waals surface area contributed by atoms with E-state index in [-0.39, 0.29) is 18.3 Å². The molecular formula is C23H24O4. The molecule has 2 atom stereocenters. The van der Waals surface area contributed by atoms with Crippen LogP contribution in [0.25, 0.3) is 5.57 Å². The van der Waals surface area contributed by atoms with Crippen molar-refractivity contribution in [1.29, 1.82) is 0 Å². The van der Waals surface area contributed by atoms with E-state index in [1.165, 1.54) is 0 Å². The second-order valence-electron chi connectivity index (χ2n) is 6.70. The molecule has 0 fully saturated rings. The number of allylic oxidation sites excluding steroid dienone is 2. The number of carbonyl (C=O) groups excluding carboxylic acids is 2. The average Bonchev–Trinajstić information content (AvgIpc) is 2.68. The summed E-state index contributed by atoms with van der Waals surface area (Å²) in [5, 5.41) is 0. The van der Waals surface area contributed by atoms with Crippen LogP contribution >= 0.6 is 0 Å². The van der Waals surface area contributed by atoms with Gasteiger partial charge >= 0.3 is 5.97 Å². The Labute approximate surface area is 159 Å². The van der Waals surface area contributed by atoms with E-state index in [9.17, 15) is 9.59 Å². The van der Waals surface area contributed by atoms with E-state index in [4.69, 9.17) is 9.47 Å². The molecule has 0 saturated carbocycles. The molecule has 1 aliphatic carbocycles. The summed E-state index contributed by atoms with van der Waals surface area (Å²) in [6.07, 6.45) is 2.20. The maximum Gasteiger partial charge on any atom is 0.317 e. The normalized spacial score (nSPS) is 19.4. The van der Waals surface area contributed by atoms with Crippen molar-refractivity contribution in [3.8, 4) is 5.75 Å². The van der Waals surface area contributed by atoms with Gasteiger partial charge in [-0.25, -0.2) is 0 Å². The molecule has 0 N–H and O–H groups in total. The van der Waals surface area contributed by atoms with Crippen LogP contribution in [0.15, 0.2) is 54.6 Å². The number of ketones is 1. The Kier molecular flexibility index (Phi) is 5.75. The third kappa shape index (κ3) is 3.95. The van der Waals surface area contributed by atoms with E-state index >= 15 is 0 Å². The number of rotatable bonds is 5. The number of hydrogen-bond donors (Lipinski definition) is 0. The highest BCUT2D eigenvalue weighted by Gasteiger charge is 2.40. The summed E-state index contributed by atoms with van der Waals surface area (Å²) in [5.41, 5.74) is 4.00. The van der Waals surface area contributed by atoms with Gasteiger partial charge in [0, 0.05) is 5.92 Å². The minimum absolute atomic E-state index is 0.203. The van der Waals surface area contributed by atoms with Crippen molar-refractivity contribution in [1.82, 2.24) is 0 Å². The molecule has 0 aromatic heterocycles. The fraction of sp³-hybridized carbons (Fsp3) is 0.304. The van der Waals surface area contributed by atoms with Gasteiger partial charge in [-0.05, 0) is 60.7 Å². The molecule has 0 aliphatic heterocycles. The summed E-state index contributed by atoms with van der Waals surface area (Å²) in [6.45, 7) is 4.03. The lowest BCUT2D eigenvalue weighted by molar-refractivity contribution is -0.151. The van der Waals surface area contributed by atoms with Crippen LogP contribution in [-0.2, 0) is 14.3 Å². The zero-order chi connectivity index (χ0) is 19.4. The van der Waals surface area contributed by atoms with Crippen LogP contribution in [0.4, 0.5) is 0 Å². The molecule has 4 nitrogen and oxygen atoms in total. The molecule has 27 heavy (non-hydrogen) atoms. The number of aryl methyl sites for hydroxylation is 1. The fourth-order valence-corrected chi connectivity index (χ4v) is 3.69. The summed E-state index contributed by atoms with van der Waals surface area (Å²) < 4.78 is 10.5. The maximum atomic E-state index is 12.9. The van der Waals surface area contributed by atoms with Crippen molar-refractivity contribution in [2.24, 2.45) is 5.92 Å². The maximum absolute atomic E-state index is 12.9. The Morgan fingerprint density at radius 2 is 1.93 bits per heavy atom. The largest absolute Gasteiger partial charge is 0.497 e. The van der Waals surface area contributed by atoms with Gasteiger partial charge in [-0.15, -0.1) is 0 Å². The SMILES string of the molecule is CCOC(=O)[C@@H]1C(=O)C=C(c2ccccc2C)C[C@H]1c1cccc(OC)c1. The van der Waals surface area contributed by atoms with Gasteiger partial charge in [0.15, 0.2) is 5.78 Å². The first-order valence-electron chi connectivity index (χ1n) is 9.16. The molecule has 0 heterocycles. The number of methoxy groups -OCH3 is 1. The lowest BCUT2D eigenvalue weighted by Crippen LogP contribution is -2.34.